The van der Waals surface area contributed by atoms with Gasteiger partial charge in [-0.15, -0.1) is 11.8 Å². The zero-order valence-electron chi connectivity index (χ0n) is 17.1. The number of aromatic nitrogens is 1. The van der Waals surface area contributed by atoms with Gasteiger partial charge in [0.1, 0.15) is 18.1 Å². The van der Waals surface area contributed by atoms with Crippen molar-refractivity contribution in [3.8, 4) is 5.75 Å². The lowest BCUT2D eigenvalue weighted by Crippen LogP contribution is -2.14. The van der Waals surface area contributed by atoms with Gasteiger partial charge in [0.2, 0.25) is 0 Å². The summed E-state index contributed by atoms with van der Waals surface area (Å²) in [7, 11) is 0. The molecule has 1 heterocycles. The second-order valence-electron chi connectivity index (χ2n) is 6.97. The predicted molar refractivity (Wildman–Crippen MR) is 120 cm³/mol. The number of amides is 1. The molecule has 4 aromatic rings. The van der Waals surface area contributed by atoms with E-state index in [1.54, 1.807) is 11.8 Å². The molecule has 0 aliphatic rings. The maximum Gasteiger partial charge on any atom is 0.259 e. The zero-order chi connectivity index (χ0) is 21.1. The third kappa shape index (κ3) is 4.19. The number of fused-ring (bicyclic) bond motifs is 1. The van der Waals surface area contributed by atoms with Gasteiger partial charge in [0, 0.05) is 10.6 Å². The number of carbonyl (C=O) groups excluding carboxylic acids is 1. The molecule has 4 rings (SSSR count). The molecule has 6 heteroatoms. The number of benzene rings is 3. The summed E-state index contributed by atoms with van der Waals surface area (Å²) < 4.78 is 11.3. The van der Waals surface area contributed by atoms with Crippen LogP contribution in [-0.4, -0.2) is 17.3 Å². The molecule has 0 fully saturated rings. The molecular weight excluding hydrogens is 396 g/mol. The second kappa shape index (κ2) is 8.63. The van der Waals surface area contributed by atoms with E-state index in [-0.39, 0.29) is 12.5 Å². The maximum atomic E-state index is 13.1. The molecule has 0 saturated heterocycles. The van der Waals surface area contributed by atoms with Gasteiger partial charge in [-0.3, -0.25) is 4.79 Å². The van der Waals surface area contributed by atoms with Crippen LogP contribution in [0.4, 0.5) is 5.69 Å². The van der Waals surface area contributed by atoms with Crippen molar-refractivity contribution in [1.29, 1.82) is 0 Å². The summed E-state index contributed by atoms with van der Waals surface area (Å²) in [5, 5.41) is 8.95. The standard InChI is InChI=1S/C24H22N2O3S/c1-15-22(16(2)29-26-15)14-28-23-12-18-8-5-4-7-17(18)11-21(23)24(27)25-19-9-6-10-20(13-19)30-3/h4-13H,14H2,1-3H3,(H,25,27). The van der Waals surface area contributed by atoms with Gasteiger partial charge >= 0.3 is 0 Å². The van der Waals surface area contributed by atoms with E-state index in [1.807, 2.05) is 80.8 Å². The number of thioether (sulfide) groups is 1. The van der Waals surface area contributed by atoms with Crippen LogP contribution in [-0.2, 0) is 6.61 Å². The summed E-state index contributed by atoms with van der Waals surface area (Å²) >= 11 is 1.63. The Kier molecular flexibility index (Phi) is 5.77. The minimum Gasteiger partial charge on any atom is -0.488 e. The normalized spacial score (nSPS) is 10.9. The predicted octanol–water partition coefficient (Wildman–Crippen LogP) is 6.00. The lowest BCUT2D eigenvalue weighted by atomic mass is 10.0. The minimum absolute atomic E-state index is 0.215. The first-order valence-corrected chi connectivity index (χ1v) is 10.8. The van der Waals surface area contributed by atoms with E-state index in [2.05, 4.69) is 10.5 Å². The SMILES string of the molecule is CSc1cccc(NC(=O)c2cc3ccccc3cc2OCc2c(C)noc2C)c1. The molecule has 3 aromatic carbocycles. The second-order valence-corrected chi connectivity index (χ2v) is 7.85. The fourth-order valence-corrected chi connectivity index (χ4v) is 3.73. The average Bonchev–Trinajstić information content (AvgIpc) is 3.09. The lowest BCUT2D eigenvalue weighted by molar-refractivity contribution is 0.102. The van der Waals surface area contributed by atoms with Crippen LogP contribution in [0.1, 0.15) is 27.4 Å². The number of anilines is 1. The summed E-state index contributed by atoms with van der Waals surface area (Å²) in [4.78, 5) is 14.2. The number of nitrogens with one attached hydrogen (secondary N) is 1. The highest BCUT2D eigenvalue weighted by molar-refractivity contribution is 7.98. The Balaban J connectivity index is 1.67. The molecule has 1 aromatic heterocycles. The van der Waals surface area contributed by atoms with Gasteiger partial charge in [0.15, 0.2) is 0 Å². The molecular formula is C24H22N2O3S. The Morgan fingerprint density at radius 2 is 1.83 bits per heavy atom. The largest absolute Gasteiger partial charge is 0.488 e. The van der Waals surface area contributed by atoms with Gasteiger partial charge < -0.3 is 14.6 Å². The maximum absolute atomic E-state index is 13.1. The van der Waals surface area contributed by atoms with Crippen molar-refractivity contribution in [2.24, 2.45) is 0 Å². The Morgan fingerprint density at radius 1 is 1.07 bits per heavy atom. The van der Waals surface area contributed by atoms with Crippen molar-refractivity contribution in [2.75, 3.05) is 11.6 Å². The van der Waals surface area contributed by atoms with Crippen LogP contribution in [0, 0.1) is 13.8 Å². The van der Waals surface area contributed by atoms with E-state index < -0.39 is 0 Å². The van der Waals surface area contributed by atoms with Gasteiger partial charge in [-0.25, -0.2) is 0 Å². The van der Waals surface area contributed by atoms with Crippen molar-refractivity contribution in [3.05, 3.63) is 83.2 Å². The molecule has 0 spiro atoms. The monoisotopic (exact) mass is 418 g/mol. The minimum atomic E-state index is -0.215. The first kappa shape index (κ1) is 20.0. The van der Waals surface area contributed by atoms with Crippen molar-refractivity contribution >= 4 is 34.1 Å². The zero-order valence-corrected chi connectivity index (χ0v) is 17.9. The fourth-order valence-electron chi connectivity index (χ4n) is 3.27. The number of ether oxygens (including phenoxy) is 1. The molecule has 152 valence electrons. The Morgan fingerprint density at radius 3 is 2.53 bits per heavy atom. The number of hydrogen-bond donors (Lipinski definition) is 1. The third-order valence-electron chi connectivity index (χ3n) is 4.97. The summed E-state index contributed by atoms with van der Waals surface area (Å²) in [5.41, 5.74) is 2.90. The summed E-state index contributed by atoms with van der Waals surface area (Å²) in [5.74, 6) is 1.02. The third-order valence-corrected chi connectivity index (χ3v) is 5.70. The van der Waals surface area contributed by atoms with E-state index in [0.717, 1.165) is 32.6 Å². The Labute approximate surface area is 179 Å². The number of aryl methyl sites for hydroxylation is 2. The van der Waals surface area contributed by atoms with Crippen LogP contribution in [0.15, 0.2) is 70.1 Å². The van der Waals surface area contributed by atoms with E-state index in [1.165, 1.54) is 0 Å². The van der Waals surface area contributed by atoms with Crippen LogP contribution in [0.2, 0.25) is 0 Å². The topological polar surface area (TPSA) is 64.4 Å². The van der Waals surface area contributed by atoms with E-state index in [9.17, 15) is 4.79 Å². The Hall–Kier alpha value is -3.25. The van der Waals surface area contributed by atoms with Crippen LogP contribution < -0.4 is 10.1 Å². The summed E-state index contributed by atoms with van der Waals surface area (Å²) in [6.07, 6.45) is 2.00. The number of rotatable bonds is 6. The van der Waals surface area contributed by atoms with Crippen LogP contribution >= 0.6 is 11.8 Å². The molecule has 1 amide bonds. The number of carbonyl (C=O) groups is 1. The quantitative estimate of drug-likeness (QED) is 0.389. The fraction of sp³-hybridized carbons (Fsp3) is 0.167. The molecule has 0 unspecified atom stereocenters. The number of nitrogens with zero attached hydrogens (tertiary/aromatic N) is 1. The average molecular weight is 419 g/mol. The van der Waals surface area contributed by atoms with Crippen molar-refractivity contribution in [3.63, 3.8) is 0 Å². The first-order chi connectivity index (χ1) is 14.5. The number of hydrogen-bond acceptors (Lipinski definition) is 5. The highest BCUT2D eigenvalue weighted by Crippen LogP contribution is 2.29. The molecule has 30 heavy (non-hydrogen) atoms. The molecule has 0 saturated carbocycles. The van der Waals surface area contributed by atoms with Crippen LogP contribution in [0.25, 0.3) is 10.8 Å². The molecule has 1 N–H and O–H groups in total. The van der Waals surface area contributed by atoms with Crippen molar-refractivity contribution in [2.45, 2.75) is 25.3 Å². The van der Waals surface area contributed by atoms with E-state index >= 15 is 0 Å². The summed E-state index contributed by atoms with van der Waals surface area (Å²) in [6.45, 7) is 4.01. The van der Waals surface area contributed by atoms with Crippen molar-refractivity contribution in [1.82, 2.24) is 5.16 Å². The highest BCUT2D eigenvalue weighted by atomic mass is 32.2. The van der Waals surface area contributed by atoms with Gasteiger partial charge in [0.25, 0.3) is 5.91 Å². The van der Waals surface area contributed by atoms with Crippen LogP contribution in [0.5, 0.6) is 5.75 Å². The van der Waals surface area contributed by atoms with Crippen molar-refractivity contribution < 1.29 is 14.1 Å². The van der Waals surface area contributed by atoms with Gasteiger partial charge in [-0.2, -0.15) is 0 Å². The highest BCUT2D eigenvalue weighted by Gasteiger charge is 2.17. The van der Waals surface area contributed by atoms with Gasteiger partial charge in [-0.1, -0.05) is 35.5 Å². The molecule has 0 atom stereocenters. The molecule has 0 aliphatic heterocycles. The first-order valence-electron chi connectivity index (χ1n) is 9.58. The smallest absolute Gasteiger partial charge is 0.259 e. The molecule has 0 aliphatic carbocycles. The van der Waals surface area contributed by atoms with Gasteiger partial charge in [0.05, 0.1) is 16.8 Å². The van der Waals surface area contributed by atoms with E-state index in [0.29, 0.717) is 17.1 Å². The lowest BCUT2D eigenvalue weighted by Gasteiger charge is -2.14. The van der Waals surface area contributed by atoms with Gasteiger partial charge in [-0.05, 0) is 61.2 Å². The summed E-state index contributed by atoms with van der Waals surface area (Å²) in [6, 6.07) is 19.4. The molecule has 0 bridgehead atoms. The molecule has 5 nitrogen and oxygen atoms in total. The van der Waals surface area contributed by atoms with Crippen LogP contribution in [0.3, 0.4) is 0 Å². The Bertz CT molecular complexity index is 1200. The van der Waals surface area contributed by atoms with E-state index in [4.69, 9.17) is 9.26 Å². The molecule has 0 radical (unpaired) electrons.